The highest BCUT2D eigenvalue weighted by atomic mass is 19.4. The van der Waals surface area contributed by atoms with Crippen molar-refractivity contribution in [3.63, 3.8) is 0 Å². The zero-order valence-electron chi connectivity index (χ0n) is 11.0. The Morgan fingerprint density at radius 3 is 2.70 bits per heavy atom. The molecule has 0 bridgehead atoms. The number of hydrogen-bond donors (Lipinski definition) is 0. The Bertz CT molecular complexity index is 571. The average molecular weight is 284 g/mol. The molecule has 8 heteroatoms. The van der Waals surface area contributed by atoms with Crippen LogP contribution in [0.15, 0.2) is 30.6 Å². The van der Waals surface area contributed by atoms with Crippen LogP contribution in [-0.2, 0) is 13.2 Å². The number of rotatable bonds is 6. The molecule has 0 aliphatic rings. The summed E-state index contributed by atoms with van der Waals surface area (Å²) in [6.07, 6.45) is 2.23. The van der Waals surface area contributed by atoms with Crippen molar-refractivity contribution in [2.24, 2.45) is 0 Å². The summed E-state index contributed by atoms with van der Waals surface area (Å²) in [7, 11) is 0. The first-order valence-electron chi connectivity index (χ1n) is 6.30. The first kappa shape index (κ1) is 14.4. The highest BCUT2D eigenvalue weighted by molar-refractivity contribution is 6.74. The van der Waals surface area contributed by atoms with Crippen LogP contribution in [0.5, 0.6) is 5.75 Å². The maximum absolute atomic E-state index is 12.9. The predicted molar refractivity (Wildman–Crippen MR) is 69.8 cm³/mol. The number of halogens is 3. The van der Waals surface area contributed by atoms with E-state index in [1.165, 1.54) is 24.5 Å². The molecule has 0 aliphatic heterocycles. The molecule has 0 aliphatic carbocycles. The number of para-hydroxylation sites is 1. The smallest absolute Gasteiger partial charge is 0.489 e. The first-order chi connectivity index (χ1) is 9.52. The van der Waals surface area contributed by atoms with E-state index in [0.717, 1.165) is 12.5 Å². The van der Waals surface area contributed by atoms with Crippen LogP contribution in [0.3, 0.4) is 0 Å². The fourth-order valence-electron chi connectivity index (χ4n) is 1.82. The SMILES string of the molecule is CCCn1ncnc1COc1ccccc1[B-](F)(F)F. The Morgan fingerprint density at radius 2 is 2.00 bits per heavy atom. The number of aromatic nitrogens is 3. The molecule has 0 radical (unpaired) electrons. The molecule has 2 aromatic rings. The molecule has 0 fully saturated rings. The third kappa shape index (κ3) is 3.31. The van der Waals surface area contributed by atoms with Gasteiger partial charge in [0.2, 0.25) is 0 Å². The minimum atomic E-state index is -5.09. The Labute approximate surface area is 114 Å². The summed E-state index contributed by atoms with van der Waals surface area (Å²) in [4.78, 5) is 3.99. The van der Waals surface area contributed by atoms with Gasteiger partial charge in [-0.2, -0.15) is 5.10 Å². The van der Waals surface area contributed by atoms with Crippen LogP contribution in [-0.4, -0.2) is 21.7 Å². The van der Waals surface area contributed by atoms with E-state index in [-0.39, 0.29) is 12.4 Å². The Hall–Kier alpha value is -1.99. The van der Waals surface area contributed by atoms with E-state index in [1.54, 1.807) is 4.68 Å². The summed E-state index contributed by atoms with van der Waals surface area (Å²) < 4.78 is 45.5. The standard InChI is InChI=1S/C12H14BF3N3O/c1-2-7-19-12(17-9-18-19)8-20-11-6-4-3-5-10(11)13(14,15)16/h3-6,9H,2,7-8H2,1H3/q-1. The Kier molecular flexibility index (Phi) is 4.31. The van der Waals surface area contributed by atoms with Gasteiger partial charge < -0.3 is 17.7 Å². The van der Waals surface area contributed by atoms with E-state index < -0.39 is 12.4 Å². The van der Waals surface area contributed by atoms with Gasteiger partial charge in [-0.3, -0.25) is 0 Å². The Morgan fingerprint density at radius 1 is 1.25 bits per heavy atom. The van der Waals surface area contributed by atoms with E-state index in [1.807, 2.05) is 6.92 Å². The van der Waals surface area contributed by atoms with Crippen molar-refractivity contribution in [3.8, 4) is 5.75 Å². The van der Waals surface area contributed by atoms with Gasteiger partial charge in [0.05, 0.1) is 5.75 Å². The lowest BCUT2D eigenvalue weighted by Gasteiger charge is -2.19. The normalized spacial score (nSPS) is 11.6. The number of ether oxygens (including phenoxy) is 1. The van der Waals surface area contributed by atoms with Crippen molar-refractivity contribution in [1.29, 1.82) is 0 Å². The quantitative estimate of drug-likeness (QED) is 0.764. The molecule has 1 heterocycles. The highest BCUT2D eigenvalue weighted by Crippen LogP contribution is 2.18. The second kappa shape index (κ2) is 5.98. The molecule has 2 rings (SSSR count). The van der Waals surface area contributed by atoms with Crippen molar-refractivity contribution < 1.29 is 17.7 Å². The lowest BCUT2D eigenvalue weighted by atomic mass is 9.79. The minimum Gasteiger partial charge on any atom is -0.489 e. The largest absolute Gasteiger partial charge is 0.513 e. The second-order valence-corrected chi connectivity index (χ2v) is 4.30. The van der Waals surface area contributed by atoms with Crippen LogP contribution >= 0.6 is 0 Å². The van der Waals surface area contributed by atoms with E-state index in [2.05, 4.69) is 10.1 Å². The van der Waals surface area contributed by atoms with Crippen LogP contribution < -0.4 is 10.2 Å². The molecule has 0 atom stereocenters. The van der Waals surface area contributed by atoms with Crippen molar-refractivity contribution in [3.05, 3.63) is 36.4 Å². The van der Waals surface area contributed by atoms with E-state index in [4.69, 9.17) is 4.74 Å². The molecule has 1 aromatic heterocycles. The van der Waals surface area contributed by atoms with Crippen molar-refractivity contribution in [2.45, 2.75) is 26.5 Å². The van der Waals surface area contributed by atoms with Crippen LogP contribution in [0.4, 0.5) is 12.9 Å². The van der Waals surface area contributed by atoms with Crippen LogP contribution in [0.25, 0.3) is 0 Å². The van der Waals surface area contributed by atoms with Gasteiger partial charge in [-0.15, -0.1) is 0 Å². The molecule has 0 N–H and O–H groups in total. The summed E-state index contributed by atoms with van der Waals surface area (Å²) in [6.45, 7) is -2.50. The van der Waals surface area contributed by atoms with Gasteiger partial charge >= 0.3 is 6.98 Å². The molecule has 4 nitrogen and oxygen atoms in total. The summed E-state index contributed by atoms with van der Waals surface area (Å²) in [6, 6.07) is 5.19. The van der Waals surface area contributed by atoms with Gasteiger partial charge in [-0.25, -0.2) is 9.67 Å². The lowest BCUT2D eigenvalue weighted by molar-refractivity contribution is 0.287. The molecule has 0 amide bonds. The topological polar surface area (TPSA) is 39.9 Å². The van der Waals surface area contributed by atoms with Crippen LogP contribution in [0.1, 0.15) is 19.2 Å². The highest BCUT2D eigenvalue weighted by Gasteiger charge is 2.29. The summed E-state index contributed by atoms with van der Waals surface area (Å²) >= 11 is 0. The van der Waals surface area contributed by atoms with Gasteiger partial charge in [-0.1, -0.05) is 30.6 Å². The number of aryl methyl sites for hydroxylation is 1. The molecular weight excluding hydrogens is 270 g/mol. The van der Waals surface area contributed by atoms with E-state index >= 15 is 0 Å². The molecule has 0 unspecified atom stereocenters. The van der Waals surface area contributed by atoms with Gasteiger partial charge in [0.1, 0.15) is 12.9 Å². The number of hydrogen-bond acceptors (Lipinski definition) is 3. The molecule has 108 valence electrons. The maximum atomic E-state index is 12.9. The molecular formula is C12H14BF3N3O-. The predicted octanol–water partition coefficient (Wildman–Crippen LogP) is 2.32. The van der Waals surface area contributed by atoms with Gasteiger partial charge in [0, 0.05) is 6.54 Å². The van der Waals surface area contributed by atoms with Gasteiger partial charge in [0.25, 0.3) is 0 Å². The fourth-order valence-corrected chi connectivity index (χ4v) is 1.82. The molecule has 0 spiro atoms. The zero-order chi connectivity index (χ0) is 14.6. The molecule has 0 saturated heterocycles. The third-order valence-electron chi connectivity index (χ3n) is 2.76. The maximum Gasteiger partial charge on any atom is 0.513 e. The first-order valence-corrected chi connectivity index (χ1v) is 6.30. The molecule has 0 saturated carbocycles. The third-order valence-corrected chi connectivity index (χ3v) is 2.76. The summed E-state index contributed by atoms with van der Waals surface area (Å²) in [5.74, 6) is 0.336. The lowest BCUT2D eigenvalue weighted by Crippen LogP contribution is -2.35. The van der Waals surface area contributed by atoms with Gasteiger partial charge in [-0.05, 0) is 12.5 Å². The number of nitrogens with zero attached hydrogens (tertiary/aromatic N) is 3. The molecule has 1 aromatic carbocycles. The average Bonchev–Trinajstić information content (AvgIpc) is 2.83. The van der Waals surface area contributed by atoms with Crippen LogP contribution in [0.2, 0.25) is 0 Å². The zero-order valence-corrected chi connectivity index (χ0v) is 11.0. The second-order valence-electron chi connectivity index (χ2n) is 4.30. The van der Waals surface area contributed by atoms with E-state index in [9.17, 15) is 12.9 Å². The summed E-state index contributed by atoms with van der Waals surface area (Å²) in [5, 5.41) is 4.00. The van der Waals surface area contributed by atoms with Crippen LogP contribution in [0, 0.1) is 0 Å². The Balaban J connectivity index is 2.13. The van der Waals surface area contributed by atoms with Crippen molar-refractivity contribution >= 4 is 12.4 Å². The minimum absolute atomic E-state index is 0.0385. The van der Waals surface area contributed by atoms with Crippen molar-refractivity contribution in [1.82, 2.24) is 14.8 Å². The molecule has 20 heavy (non-hydrogen) atoms. The summed E-state index contributed by atoms with van der Waals surface area (Å²) in [5.41, 5.74) is -0.728. The monoisotopic (exact) mass is 284 g/mol. The van der Waals surface area contributed by atoms with E-state index in [0.29, 0.717) is 12.4 Å². The van der Waals surface area contributed by atoms with Gasteiger partial charge in [0.15, 0.2) is 5.82 Å². The fraction of sp³-hybridized carbons (Fsp3) is 0.333. The van der Waals surface area contributed by atoms with Crippen molar-refractivity contribution in [2.75, 3.05) is 0 Å². The number of benzene rings is 1.